The van der Waals surface area contributed by atoms with Gasteiger partial charge >= 0.3 is 5.97 Å². The Balaban J connectivity index is 2.39. The first-order chi connectivity index (χ1) is 7.57. The van der Waals surface area contributed by atoms with Gasteiger partial charge in [0, 0.05) is 11.1 Å². The van der Waals surface area contributed by atoms with Crippen molar-refractivity contribution < 1.29 is 9.90 Å². The van der Waals surface area contributed by atoms with Gasteiger partial charge in [0.2, 0.25) is 0 Å². The molecule has 1 fully saturated rings. The van der Waals surface area contributed by atoms with Crippen LogP contribution in [0.3, 0.4) is 0 Å². The molecule has 0 bridgehead atoms. The second-order valence-corrected chi connectivity index (χ2v) is 4.81. The summed E-state index contributed by atoms with van der Waals surface area (Å²) in [5.41, 5.74) is 2.36. The van der Waals surface area contributed by atoms with Crippen molar-refractivity contribution in [1.29, 1.82) is 0 Å². The van der Waals surface area contributed by atoms with Gasteiger partial charge in [0.05, 0.1) is 11.3 Å². The molecular weight excluding hydrogens is 202 g/mol. The van der Waals surface area contributed by atoms with Crippen LogP contribution in [0.5, 0.6) is 0 Å². The molecule has 0 amide bonds. The largest absolute Gasteiger partial charge is 0.478 e. The molecule has 3 heteroatoms. The normalized spacial score (nSPS) is 17.1. The van der Waals surface area contributed by atoms with Gasteiger partial charge in [-0.3, -0.25) is 4.98 Å². The van der Waals surface area contributed by atoms with Crippen LogP contribution in [0.15, 0.2) is 12.1 Å². The Bertz CT molecular complexity index is 422. The van der Waals surface area contributed by atoms with Gasteiger partial charge in [0.15, 0.2) is 0 Å². The monoisotopic (exact) mass is 219 g/mol. The number of carbonyl (C=O) groups is 1. The van der Waals surface area contributed by atoms with Gasteiger partial charge in [-0.1, -0.05) is 20.3 Å². The molecule has 2 rings (SSSR count). The minimum absolute atomic E-state index is 0.208. The molecule has 1 aromatic heterocycles. The smallest absolute Gasteiger partial charge is 0.337 e. The molecule has 0 radical (unpaired) electrons. The van der Waals surface area contributed by atoms with Crippen LogP contribution in [0, 0.1) is 0 Å². The van der Waals surface area contributed by atoms with Crippen molar-refractivity contribution in [2.75, 3.05) is 0 Å². The van der Waals surface area contributed by atoms with Crippen LogP contribution in [0.2, 0.25) is 0 Å². The van der Waals surface area contributed by atoms with E-state index in [1.165, 1.54) is 0 Å². The molecule has 1 aliphatic rings. The zero-order valence-corrected chi connectivity index (χ0v) is 9.79. The average Bonchev–Trinajstić information content (AvgIpc) is 2.98. The maximum absolute atomic E-state index is 11.0. The first-order valence-electron chi connectivity index (χ1n) is 5.80. The van der Waals surface area contributed by atoms with Gasteiger partial charge in [-0.25, -0.2) is 4.79 Å². The van der Waals surface area contributed by atoms with E-state index in [0.29, 0.717) is 5.56 Å². The lowest BCUT2D eigenvalue weighted by Gasteiger charge is -2.11. The summed E-state index contributed by atoms with van der Waals surface area (Å²) in [6.45, 7) is 4.23. The maximum atomic E-state index is 11.0. The fourth-order valence-corrected chi connectivity index (χ4v) is 1.90. The fourth-order valence-electron chi connectivity index (χ4n) is 1.90. The Kier molecular flexibility index (Phi) is 2.70. The Morgan fingerprint density at radius 2 is 2.19 bits per heavy atom. The van der Waals surface area contributed by atoms with Crippen molar-refractivity contribution in [3.8, 4) is 0 Å². The fraction of sp³-hybridized carbons (Fsp3) is 0.538. The minimum atomic E-state index is -0.872. The Labute approximate surface area is 95.5 Å². The van der Waals surface area contributed by atoms with Crippen molar-refractivity contribution in [1.82, 2.24) is 4.98 Å². The summed E-state index contributed by atoms with van der Waals surface area (Å²) in [5, 5.41) is 9.06. The van der Waals surface area contributed by atoms with Crippen LogP contribution in [-0.4, -0.2) is 16.1 Å². The standard InChI is InChI=1S/C13H17NO2/c1-3-4-10-9(12(15)16)5-6-11(14-10)13(2)7-8-13/h5-6H,3-4,7-8H2,1-2H3,(H,15,16). The number of rotatable bonds is 4. The summed E-state index contributed by atoms with van der Waals surface area (Å²) >= 11 is 0. The van der Waals surface area contributed by atoms with E-state index in [9.17, 15) is 4.79 Å². The lowest BCUT2D eigenvalue weighted by atomic mass is 10.0. The topological polar surface area (TPSA) is 50.2 Å². The van der Waals surface area contributed by atoms with Crippen LogP contribution >= 0.6 is 0 Å². The first kappa shape index (κ1) is 11.1. The molecule has 1 aromatic rings. The molecule has 1 saturated carbocycles. The molecular formula is C13H17NO2. The van der Waals surface area contributed by atoms with Gasteiger partial charge in [-0.2, -0.15) is 0 Å². The second kappa shape index (κ2) is 3.89. The van der Waals surface area contributed by atoms with E-state index in [1.807, 2.05) is 13.0 Å². The predicted octanol–water partition coefficient (Wildman–Crippen LogP) is 2.78. The molecule has 3 nitrogen and oxygen atoms in total. The number of carboxylic acids is 1. The molecule has 16 heavy (non-hydrogen) atoms. The summed E-state index contributed by atoms with van der Waals surface area (Å²) in [7, 11) is 0. The van der Waals surface area contributed by atoms with Crippen molar-refractivity contribution in [3.63, 3.8) is 0 Å². The zero-order chi connectivity index (χ0) is 11.8. The number of hydrogen-bond donors (Lipinski definition) is 1. The highest BCUT2D eigenvalue weighted by Gasteiger charge is 2.40. The summed E-state index contributed by atoms with van der Waals surface area (Å²) in [5.74, 6) is -0.872. The van der Waals surface area contributed by atoms with E-state index < -0.39 is 5.97 Å². The van der Waals surface area contributed by atoms with Crippen LogP contribution in [0.4, 0.5) is 0 Å². The number of pyridine rings is 1. The third kappa shape index (κ3) is 1.94. The van der Waals surface area contributed by atoms with Crippen LogP contribution < -0.4 is 0 Å². The highest BCUT2D eigenvalue weighted by Crippen LogP contribution is 2.46. The lowest BCUT2D eigenvalue weighted by Crippen LogP contribution is -2.10. The van der Waals surface area contributed by atoms with Gasteiger partial charge in [0.1, 0.15) is 0 Å². The molecule has 0 spiro atoms. The highest BCUT2D eigenvalue weighted by molar-refractivity contribution is 5.88. The third-order valence-corrected chi connectivity index (χ3v) is 3.31. The molecule has 0 aromatic carbocycles. The summed E-state index contributed by atoms with van der Waals surface area (Å²) in [6, 6.07) is 3.58. The van der Waals surface area contributed by atoms with Gasteiger partial charge in [0.25, 0.3) is 0 Å². The minimum Gasteiger partial charge on any atom is -0.478 e. The maximum Gasteiger partial charge on any atom is 0.337 e. The molecule has 0 aliphatic heterocycles. The van der Waals surface area contributed by atoms with Crippen LogP contribution in [0.1, 0.15) is 54.9 Å². The predicted molar refractivity (Wildman–Crippen MR) is 61.8 cm³/mol. The molecule has 1 aliphatic carbocycles. The second-order valence-electron chi connectivity index (χ2n) is 4.81. The molecule has 0 unspecified atom stereocenters. The summed E-state index contributed by atoms with van der Waals surface area (Å²) < 4.78 is 0. The molecule has 0 atom stereocenters. The van der Waals surface area contributed by atoms with E-state index in [4.69, 9.17) is 5.11 Å². The summed E-state index contributed by atoms with van der Waals surface area (Å²) in [6.07, 6.45) is 4.00. The number of aryl methyl sites for hydroxylation is 1. The Hall–Kier alpha value is -1.38. The highest BCUT2D eigenvalue weighted by atomic mass is 16.4. The van der Waals surface area contributed by atoms with Crippen molar-refractivity contribution in [3.05, 3.63) is 29.1 Å². The third-order valence-electron chi connectivity index (χ3n) is 3.31. The van der Waals surface area contributed by atoms with Crippen LogP contribution in [0.25, 0.3) is 0 Å². The number of hydrogen-bond acceptors (Lipinski definition) is 2. The molecule has 86 valence electrons. The lowest BCUT2D eigenvalue weighted by molar-refractivity contribution is 0.0695. The average molecular weight is 219 g/mol. The zero-order valence-electron chi connectivity index (χ0n) is 9.79. The first-order valence-corrected chi connectivity index (χ1v) is 5.80. The number of carboxylic acid groups (broad SMARTS) is 1. The number of aromatic nitrogens is 1. The number of nitrogens with zero attached hydrogens (tertiary/aromatic N) is 1. The van der Waals surface area contributed by atoms with Crippen LogP contribution in [-0.2, 0) is 11.8 Å². The van der Waals surface area contributed by atoms with Crippen molar-refractivity contribution >= 4 is 5.97 Å². The Morgan fingerprint density at radius 3 is 2.69 bits per heavy atom. The van der Waals surface area contributed by atoms with Crippen molar-refractivity contribution in [2.24, 2.45) is 0 Å². The van der Waals surface area contributed by atoms with E-state index in [0.717, 1.165) is 37.1 Å². The van der Waals surface area contributed by atoms with E-state index in [1.54, 1.807) is 6.07 Å². The van der Waals surface area contributed by atoms with E-state index in [2.05, 4.69) is 11.9 Å². The molecule has 0 saturated heterocycles. The quantitative estimate of drug-likeness (QED) is 0.847. The summed E-state index contributed by atoms with van der Waals surface area (Å²) in [4.78, 5) is 15.6. The van der Waals surface area contributed by atoms with E-state index in [-0.39, 0.29) is 5.41 Å². The molecule has 1 heterocycles. The molecule has 1 N–H and O–H groups in total. The van der Waals surface area contributed by atoms with E-state index >= 15 is 0 Å². The van der Waals surface area contributed by atoms with Gasteiger partial charge in [-0.05, 0) is 31.4 Å². The SMILES string of the molecule is CCCc1nc(C2(C)CC2)ccc1C(=O)O. The van der Waals surface area contributed by atoms with Gasteiger partial charge in [-0.15, -0.1) is 0 Å². The number of aromatic carboxylic acids is 1. The van der Waals surface area contributed by atoms with Crippen molar-refractivity contribution in [2.45, 2.75) is 44.9 Å². The van der Waals surface area contributed by atoms with Gasteiger partial charge < -0.3 is 5.11 Å². The Morgan fingerprint density at radius 1 is 1.50 bits per heavy atom.